The van der Waals surface area contributed by atoms with E-state index in [9.17, 15) is 13.2 Å². The average Bonchev–Trinajstić information content (AvgIpc) is 2.75. The van der Waals surface area contributed by atoms with Crippen LogP contribution in [-0.4, -0.2) is 44.5 Å². The Bertz CT molecular complexity index is 742. The molecule has 0 bridgehead atoms. The van der Waals surface area contributed by atoms with Crippen LogP contribution in [0.5, 0.6) is 5.75 Å². The summed E-state index contributed by atoms with van der Waals surface area (Å²) in [6.07, 6.45) is 1.57. The summed E-state index contributed by atoms with van der Waals surface area (Å²) in [5.41, 5.74) is 0.514. The van der Waals surface area contributed by atoms with Crippen molar-refractivity contribution in [2.45, 2.75) is 49.6 Å². The van der Waals surface area contributed by atoms with Crippen LogP contribution in [-0.2, 0) is 21.2 Å². The highest BCUT2D eigenvalue weighted by molar-refractivity contribution is 7.89. The number of para-hydroxylation sites is 1. The van der Waals surface area contributed by atoms with Gasteiger partial charge in [-0.2, -0.15) is 0 Å². The molecule has 23 heavy (non-hydrogen) atoms. The highest BCUT2D eigenvalue weighted by Crippen LogP contribution is 2.39. The van der Waals surface area contributed by atoms with Crippen LogP contribution in [0.15, 0.2) is 23.1 Å². The lowest BCUT2D eigenvalue weighted by molar-refractivity contribution is -0.132. The van der Waals surface area contributed by atoms with Crippen LogP contribution >= 0.6 is 0 Å². The number of carbonyl (C=O) groups excluding carboxylic acids is 1. The molecule has 3 rings (SSSR count). The molecule has 2 aliphatic heterocycles. The molecule has 1 amide bonds. The molecule has 2 heterocycles. The van der Waals surface area contributed by atoms with Crippen molar-refractivity contribution in [1.82, 2.24) is 9.62 Å². The minimum Gasteiger partial charge on any atom is -0.486 e. The second-order valence-electron chi connectivity index (χ2n) is 6.91. The number of hydrogen-bond donors (Lipinski definition) is 1. The SMILES string of the molecule is CN1CC(NS(=O)(=O)c2cccc3c2OC(C)(C)C3)CCC1=O. The summed E-state index contributed by atoms with van der Waals surface area (Å²) in [6.45, 7) is 4.27. The standard InChI is InChI=1S/C16H22N2O4S/c1-16(2)9-11-5-4-6-13(15(11)22-16)23(20,21)17-12-7-8-14(19)18(3)10-12/h4-6,12,17H,7-10H2,1-3H3. The largest absolute Gasteiger partial charge is 0.486 e. The number of piperidine rings is 1. The molecule has 0 saturated carbocycles. The molecule has 2 aliphatic rings. The Balaban J connectivity index is 1.85. The zero-order chi connectivity index (χ0) is 16.8. The number of rotatable bonds is 3. The average molecular weight is 338 g/mol. The van der Waals surface area contributed by atoms with Crippen LogP contribution in [0.3, 0.4) is 0 Å². The summed E-state index contributed by atoms with van der Waals surface area (Å²) in [6, 6.07) is 4.94. The maximum Gasteiger partial charge on any atom is 0.244 e. The predicted octanol–water partition coefficient (Wildman–Crippen LogP) is 1.30. The van der Waals surface area contributed by atoms with Gasteiger partial charge in [-0.1, -0.05) is 12.1 Å². The van der Waals surface area contributed by atoms with Crippen LogP contribution in [0.2, 0.25) is 0 Å². The number of sulfonamides is 1. The molecule has 1 N–H and O–H groups in total. The number of nitrogens with one attached hydrogen (secondary N) is 1. The molecule has 1 unspecified atom stereocenters. The number of nitrogens with zero attached hydrogens (tertiary/aromatic N) is 1. The zero-order valence-corrected chi connectivity index (χ0v) is 14.4. The van der Waals surface area contributed by atoms with Gasteiger partial charge in [-0.3, -0.25) is 4.79 Å². The first-order valence-corrected chi connectivity index (χ1v) is 9.23. The summed E-state index contributed by atoms with van der Waals surface area (Å²) in [5, 5.41) is 0. The molecule has 1 saturated heterocycles. The molecular weight excluding hydrogens is 316 g/mol. The number of likely N-dealkylation sites (N-methyl/N-ethyl adjacent to an activating group) is 1. The highest BCUT2D eigenvalue weighted by Gasteiger charge is 2.36. The number of ether oxygens (including phenoxy) is 1. The molecule has 0 spiro atoms. The van der Waals surface area contributed by atoms with Gasteiger partial charge in [0, 0.05) is 32.5 Å². The molecule has 1 aromatic carbocycles. The Morgan fingerprint density at radius 1 is 1.35 bits per heavy atom. The number of likely N-dealkylation sites (tertiary alicyclic amines) is 1. The van der Waals surface area contributed by atoms with Gasteiger partial charge in [0.25, 0.3) is 0 Å². The molecule has 1 fully saturated rings. The zero-order valence-electron chi connectivity index (χ0n) is 13.6. The third-order valence-electron chi connectivity index (χ3n) is 4.29. The second-order valence-corrected chi connectivity index (χ2v) is 8.60. The third kappa shape index (κ3) is 3.21. The van der Waals surface area contributed by atoms with Crippen molar-refractivity contribution in [3.05, 3.63) is 23.8 Å². The van der Waals surface area contributed by atoms with E-state index in [4.69, 9.17) is 4.74 Å². The Morgan fingerprint density at radius 2 is 2.09 bits per heavy atom. The van der Waals surface area contributed by atoms with Crippen LogP contribution in [0.25, 0.3) is 0 Å². The molecule has 0 radical (unpaired) electrons. The van der Waals surface area contributed by atoms with Crippen LogP contribution in [0, 0.1) is 0 Å². The normalized spacial score (nSPS) is 23.5. The Labute approximate surface area is 136 Å². The van der Waals surface area contributed by atoms with E-state index >= 15 is 0 Å². The van der Waals surface area contributed by atoms with E-state index < -0.39 is 15.6 Å². The summed E-state index contributed by atoms with van der Waals surface area (Å²) >= 11 is 0. The van der Waals surface area contributed by atoms with Crippen LogP contribution < -0.4 is 9.46 Å². The first-order valence-electron chi connectivity index (χ1n) is 7.75. The van der Waals surface area contributed by atoms with E-state index in [1.54, 1.807) is 24.1 Å². The van der Waals surface area contributed by atoms with E-state index in [0.29, 0.717) is 31.6 Å². The van der Waals surface area contributed by atoms with Gasteiger partial charge in [0.15, 0.2) is 0 Å². The Kier molecular flexibility index (Phi) is 3.88. The van der Waals surface area contributed by atoms with Crippen LogP contribution in [0.4, 0.5) is 0 Å². The van der Waals surface area contributed by atoms with E-state index in [2.05, 4.69) is 4.72 Å². The van der Waals surface area contributed by atoms with Crippen molar-refractivity contribution >= 4 is 15.9 Å². The fraction of sp³-hybridized carbons (Fsp3) is 0.562. The Hall–Kier alpha value is -1.60. The number of carbonyl (C=O) groups is 1. The number of hydrogen-bond acceptors (Lipinski definition) is 4. The van der Waals surface area contributed by atoms with Crippen molar-refractivity contribution < 1.29 is 17.9 Å². The van der Waals surface area contributed by atoms with Crippen molar-refractivity contribution in [3.8, 4) is 5.75 Å². The summed E-state index contributed by atoms with van der Waals surface area (Å²) in [7, 11) is -2.00. The number of benzene rings is 1. The van der Waals surface area contributed by atoms with E-state index in [-0.39, 0.29) is 16.8 Å². The summed E-state index contributed by atoms with van der Waals surface area (Å²) in [5.74, 6) is 0.497. The molecule has 1 aromatic rings. The lowest BCUT2D eigenvalue weighted by atomic mass is 10.0. The second kappa shape index (κ2) is 5.49. The molecular formula is C16H22N2O4S. The van der Waals surface area contributed by atoms with Gasteiger partial charge in [0.2, 0.25) is 15.9 Å². The quantitative estimate of drug-likeness (QED) is 0.901. The van der Waals surface area contributed by atoms with Gasteiger partial charge < -0.3 is 9.64 Å². The third-order valence-corrected chi connectivity index (χ3v) is 5.84. The molecule has 1 atom stereocenters. The maximum absolute atomic E-state index is 12.8. The summed E-state index contributed by atoms with van der Waals surface area (Å²) in [4.78, 5) is 13.3. The number of fused-ring (bicyclic) bond motifs is 1. The van der Waals surface area contributed by atoms with Gasteiger partial charge in [-0.25, -0.2) is 13.1 Å². The minimum absolute atomic E-state index is 0.0473. The van der Waals surface area contributed by atoms with Gasteiger partial charge >= 0.3 is 0 Å². The highest BCUT2D eigenvalue weighted by atomic mass is 32.2. The van der Waals surface area contributed by atoms with Gasteiger partial charge in [0.05, 0.1) is 0 Å². The first-order chi connectivity index (χ1) is 10.7. The fourth-order valence-corrected chi connectivity index (χ4v) is 4.62. The van der Waals surface area contributed by atoms with Gasteiger partial charge in [-0.15, -0.1) is 0 Å². The lowest BCUT2D eigenvalue weighted by Gasteiger charge is -2.30. The topological polar surface area (TPSA) is 75.7 Å². The molecule has 126 valence electrons. The number of amides is 1. The lowest BCUT2D eigenvalue weighted by Crippen LogP contribution is -2.48. The first kappa shape index (κ1) is 16.3. The van der Waals surface area contributed by atoms with E-state index in [1.165, 1.54) is 0 Å². The summed E-state index contributed by atoms with van der Waals surface area (Å²) < 4.78 is 34.1. The Morgan fingerprint density at radius 3 is 2.78 bits per heavy atom. The van der Waals surface area contributed by atoms with Crippen molar-refractivity contribution in [3.63, 3.8) is 0 Å². The fourth-order valence-electron chi connectivity index (χ4n) is 3.19. The molecule has 6 nitrogen and oxygen atoms in total. The van der Waals surface area contributed by atoms with E-state index in [1.807, 2.05) is 19.9 Å². The van der Waals surface area contributed by atoms with E-state index in [0.717, 1.165) is 5.56 Å². The molecule has 0 aromatic heterocycles. The smallest absolute Gasteiger partial charge is 0.244 e. The van der Waals surface area contributed by atoms with Crippen molar-refractivity contribution in [2.75, 3.05) is 13.6 Å². The van der Waals surface area contributed by atoms with Gasteiger partial charge in [-0.05, 0) is 31.9 Å². The van der Waals surface area contributed by atoms with Crippen molar-refractivity contribution in [2.24, 2.45) is 0 Å². The molecule has 7 heteroatoms. The van der Waals surface area contributed by atoms with Crippen molar-refractivity contribution in [1.29, 1.82) is 0 Å². The van der Waals surface area contributed by atoms with Gasteiger partial charge in [0.1, 0.15) is 16.2 Å². The monoisotopic (exact) mass is 338 g/mol. The van der Waals surface area contributed by atoms with Crippen LogP contribution in [0.1, 0.15) is 32.3 Å². The predicted molar refractivity (Wildman–Crippen MR) is 85.8 cm³/mol. The molecule has 0 aliphatic carbocycles. The minimum atomic E-state index is -3.69. The maximum atomic E-state index is 12.8.